The molecular weight excluding hydrogens is 763 g/mol. The smallest absolute Gasteiger partial charge is 0.164 e. The van der Waals surface area contributed by atoms with Crippen molar-refractivity contribution in [2.45, 2.75) is 69.1 Å². The fourth-order valence-electron chi connectivity index (χ4n) is 11.3. The highest BCUT2D eigenvalue weighted by molar-refractivity contribution is 5.91. The molecule has 0 bridgehead atoms. The maximum absolute atomic E-state index is 5.03. The van der Waals surface area contributed by atoms with Gasteiger partial charge in [0.2, 0.25) is 0 Å². The van der Waals surface area contributed by atoms with Gasteiger partial charge in [0.05, 0.1) is 0 Å². The Kier molecular flexibility index (Phi) is 8.90. The lowest BCUT2D eigenvalue weighted by molar-refractivity contribution is 0.353. The van der Waals surface area contributed by atoms with Crippen molar-refractivity contribution in [1.29, 1.82) is 0 Å². The lowest BCUT2D eigenvalue weighted by Crippen LogP contribution is -2.28. The van der Waals surface area contributed by atoms with Crippen molar-refractivity contribution >= 4 is 0 Å². The standard InChI is InChI=1S/C60H49N3/c1-59(2)53-36-47(32-33-49(53)50-38-55-51(37-54(50)59)48-18-10-11-19-52(48)60(55)34-12-5-13-35-60)43-22-20-41(21-23-43)42-26-30-46(31-27-42)58-62-56(44-16-8-4-9-17-44)61-57(63-58)45-28-24-40(25-29-45)39-14-6-3-7-15-39/h3-4,6-11,14,16-33,36-39H,5,12-13,15,34-35H2,1-2H3. The molecule has 0 amide bonds. The first-order chi connectivity index (χ1) is 30.9. The van der Waals surface area contributed by atoms with E-state index in [1.54, 1.807) is 11.1 Å². The number of allylic oxidation sites excluding steroid dienone is 4. The van der Waals surface area contributed by atoms with E-state index in [0.717, 1.165) is 28.7 Å². The molecule has 63 heavy (non-hydrogen) atoms. The Balaban J connectivity index is 0.826. The van der Waals surface area contributed by atoms with Gasteiger partial charge in [-0.3, -0.25) is 0 Å². The van der Waals surface area contributed by atoms with E-state index in [0.29, 0.717) is 23.4 Å². The zero-order valence-corrected chi connectivity index (χ0v) is 36.0. The van der Waals surface area contributed by atoms with E-state index in [1.165, 1.54) is 87.7 Å². The minimum atomic E-state index is -0.0925. The quantitative estimate of drug-likeness (QED) is 0.168. The summed E-state index contributed by atoms with van der Waals surface area (Å²) in [6.45, 7) is 4.84. The highest BCUT2D eigenvalue weighted by atomic mass is 15.0. The molecule has 1 spiro atoms. The van der Waals surface area contributed by atoms with Crippen molar-refractivity contribution in [2.75, 3.05) is 0 Å². The topological polar surface area (TPSA) is 38.7 Å². The number of aromatic nitrogens is 3. The summed E-state index contributed by atoms with van der Waals surface area (Å²) in [6.07, 6.45) is 16.2. The van der Waals surface area contributed by atoms with Crippen LogP contribution in [0.3, 0.4) is 0 Å². The first-order valence-electron chi connectivity index (χ1n) is 22.8. The Morgan fingerprint density at radius 1 is 0.413 bits per heavy atom. The molecule has 3 nitrogen and oxygen atoms in total. The molecule has 4 aliphatic rings. The van der Waals surface area contributed by atoms with Crippen LogP contribution in [-0.2, 0) is 10.8 Å². The number of hydrogen-bond acceptors (Lipinski definition) is 3. The van der Waals surface area contributed by atoms with Gasteiger partial charge < -0.3 is 0 Å². The van der Waals surface area contributed by atoms with Gasteiger partial charge in [-0.15, -0.1) is 0 Å². The molecule has 1 aromatic heterocycles. The van der Waals surface area contributed by atoms with Crippen molar-refractivity contribution in [3.63, 3.8) is 0 Å². The molecule has 1 fully saturated rings. The Morgan fingerprint density at radius 3 is 1.57 bits per heavy atom. The third-order valence-electron chi connectivity index (χ3n) is 14.7. The molecule has 4 aliphatic carbocycles. The summed E-state index contributed by atoms with van der Waals surface area (Å²) in [7, 11) is 0. The molecule has 304 valence electrons. The maximum Gasteiger partial charge on any atom is 0.164 e. The first-order valence-corrected chi connectivity index (χ1v) is 22.8. The average molecular weight is 812 g/mol. The molecule has 0 aliphatic heterocycles. The second-order valence-electron chi connectivity index (χ2n) is 18.6. The van der Waals surface area contributed by atoms with Gasteiger partial charge in [0, 0.05) is 33.4 Å². The zero-order chi connectivity index (χ0) is 42.1. The van der Waals surface area contributed by atoms with Crippen molar-refractivity contribution in [1.82, 2.24) is 15.0 Å². The molecule has 0 radical (unpaired) electrons. The van der Waals surface area contributed by atoms with Gasteiger partial charge in [0.1, 0.15) is 0 Å². The van der Waals surface area contributed by atoms with Crippen LogP contribution in [0.15, 0.2) is 182 Å². The van der Waals surface area contributed by atoms with Crippen LogP contribution >= 0.6 is 0 Å². The number of nitrogens with zero attached hydrogens (tertiary/aromatic N) is 3. The monoisotopic (exact) mass is 811 g/mol. The van der Waals surface area contributed by atoms with Crippen LogP contribution in [-0.4, -0.2) is 15.0 Å². The van der Waals surface area contributed by atoms with Gasteiger partial charge in [0.15, 0.2) is 17.5 Å². The van der Waals surface area contributed by atoms with E-state index in [-0.39, 0.29) is 10.8 Å². The normalized spacial score (nSPS) is 17.3. The molecule has 8 aromatic rings. The maximum atomic E-state index is 5.03. The first kappa shape index (κ1) is 37.8. The fourth-order valence-corrected chi connectivity index (χ4v) is 11.3. The summed E-state index contributed by atoms with van der Waals surface area (Å²) in [5, 5.41) is 0. The number of hydrogen-bond donors (Lipinski definition) is 0. The van der Waals surface area contributed by atoms with Crippen molar-refractivity contribution in [3.05, 3.63) is 210 Å². The summed E-state index contributed by atoms with van der Waals surface area (Å²) < 4.78 is 0. The summed E-state index contributed by atoms with van der Waals surface area (Å²) in [6, 6.07) is 58.2. The highest BCUT2D eigenvalue weighted by Crippen LogP contribution is 2.60. The van der Waals surface area contributed by atoms with Crippen LogP contribution in [0.5, 0.6) is 0 Å². The zero-order valence-electron chi connectivity index (χ0n) is 36.0. The Morgan fingerprint density at radius 2 is 0.921 bits per heavy atom. The average Bonchev–Trinajstić information content (AvgIpc) is 3.74. The third-order valence-corrected chi connectivity index (χ3v) is 14.7. The number of rotatable bonds is 6. The van der Waals surface area contributed by atoms with Gasteiger partial charge in [-0.1, -0.05) is 197 Å². The minimum absolute atomic E-state index is 0.0925. The van der Waals surface area contributed by atoms with Gasteiger partial charge in [-0.05, 0) is 110 Å². The summed E-state index contributed by atoms with van der Waals surface area (Å²) >= 11 is 0. The van der Waals surface area contributed by atoms with Crippen LogP contribution in [0.2, 0.25) is 0 Å². The number of fused-ring (bicyclic) bond motifs is 8. The molecule has 1 heterocycles. The predicted octanol–water partition coefficient (Wildman–Crippen LogP) is 15.3. The Labute approximate surface area is 371 Å². The summed E-state index contributed by atoms with van der Waals surface area (Å²) in [5.74, 6) is 2.40. The summed E-state index contributed by atoms with van der Waals surface area (Å²) in [4.78, 5) is 15.0. The Bertz CT molecular complexity index is 3110. The van der Waals surface area contributed by atoms with Gasteiger partial charge in [-0.25, -0.2) is 15.0 Å². The molecule has 1 unspecified atom stereocenters. The van der Waals surface area contributed by atoms with Crippen molar-refractivity contribution < 1.29 is 0 Å². The summed E-state index contributed by atoms with van der Waals surface area (Å²) in [5.41, 5.74) is 20.8. The SMILES string of the molecule is CC1(C)c2cc(-c3ccc(-c4ccc(-c5nc(-c6ccccc6)nc(-c6ccc(C7C=CC=CC7)cc6)n5)cc4)cc3)ccc2-c2cc3c(cc21)-c1ccccc1C31CCCCC1. The van der Waals surface area contributed by atoms with Gasteiger partial charge in [0.25, 0.3) is 0 Å². The van der Waals surface area contributed by atoms with Crippen molar-refractivity contribution in [2.24, 2.45) is 0 Å². The van der Waals surface area contributed by atoms with Crippen LogP contribution in [0.1, 0.15) is 86.1 Å². The fraction of sp³-hybridized carbons (Fsp3) is 0.183. The molecule has 7 aromatic carbocycles. The Hall–Kier alpha value is -6.97. The molecular formula is C60H49N3. The lowest BCUT2D eigenvalue weighted by atomic mass is 9.67. The van der Waals surface area contributed by atoms with Gasteiger partial charge >= 0.3 is 0 Å². The van der Waals surface area contributed by atoms with Crippen LogP contribution in [0.25, 0.3) is 78.7 Å². The number of benzene rings is 7. The van der Waals surface area contributed by atoms with E-state index in [1.807, 2.05) is 18.2 Å². The molecule has 0 N–H and O–H groups in total. The minimum Gasteiger partial charge on any atom is -0.208 e. The molecule has 0 saturated heterocycles. The predicted molar refractivity (Wildman–Crippen MR) is 260 cm³/mol. The second-order valence-corrected chi connectivity index (χ2v) is 18.6. The molecule has 12 rings (SSSR count). The van der Waals surface area contributed by atoms with Gasteiger partial charge in [-0.2, -0.15) is 0 Å². The van der Waals surface area contributed by atoms with Crippen LogP contribution < -0.4 is 0 Å². The molecule has 1 saturated carbocycles. The lowest BCUT2D eigenvalue weighted by Gasteiger charge is -2.36. The van der Waals surface area contributed by atoms with E-state index >= 15 is 0 Å². The second kappa shape index (κ2) is 14.8. The molecule has 1 atom stereocenters. The van der Waals surface area contributed by atoms with Crippen LogP contribution in [0.4, 0.5) is 0 Å². The highest BCUT2D eigenvalue weighted by Gasteiger charge is 2.46. The van der Waals surface area contributed by atoms with E-state index < -0.39 is 0 Å². The van der Waals surface area contributed by atoms with E-state index in [4.69, 9.17) is 15.0 Å². The van der Waals surface area contributed by atoms with E-state index in [2.05, 4.69) is 178 Å². The largest absolute Gasteiger partial charge is 0.208 e. The van der Waals surface area contributed by atoms with E-state index in [9.17, 15) is 0 Å². The third kappa shape index (κ3) is 6.28. The van der Waals surface area contributed by atoms with Crippen molar-refractivity contribution in [3.8, 4) is 78.7 Å². The molecule has 3 heteroatoms. The van der Waals surface area contributed by atoms with Crippen LogP contribution in [0, 0.1) is 0 Å².